The lowest BCUT2D eigenvalue weighted by Crippen LogP contribution is -2.37. The molecule has 2 rings (SSSR count). The summed E-state index contributed by atoms with van der Waals surface area (Å²) < 4.78 is 18.4. The van der Waals surface area contributed by atoms with Gasteiger partial charge in [0.15, 0.2) is 11.6 Å². The number of halogens is 1. The molecule has 0 saturated carbocycles. The summed E-state index contributed by atoms with van der Waals surface area (Å²) in [6.45, 7) is 0. The molecule has 5 heteroatoms. The highest BCUT2D eigenvalue weighted by Gasteiger charge is 2.15. The zero-order valence-corrected chi connectivity index (χ0v) is 10.3. The number of benzene rings is 2. The van der Waals surface area contributed by atoms with Crippen LogP contribution in [0.1, 0.15) is 10.4 Å². The quantitative estimate of drug-likeness (QED) is 0.523. The lowest BCUT2D eigenvalue weighted by atomic mass is 10.2. The number of carbonyl (C=O) groups is 1. The van der Waals surface area contributed by atoms with Gasteiger partial charge in [-0.3, -0.25) is 4.79 Å². The first-order valence-electron chi connectivity index (χ1n) is 5.61. The largest absolute Gasteiger partial charge is 0.494 e. The molecule has 0 aliphatic heterocycles. The zero-order chi connectivity index (χ0) is 13.8. The van der Waals surface area contributed by atoms with Crippen molar-refractivity contribution in [3.8, 4) is 5.75 Å². The van der Waals surface area contributed by atoms with Crippen LogP contribution in [0.4, 0.5) is 10.1 Å². The van der Waals surface area contributed by atoms with Crippen molar-refractivity contribution in [2.45, 2.75) is 0 Å². The topological polar surface area (TPSA) is 55.6 Å². The van der Waals surface area contributed by atoms with Crippen molar-refractivity contribution in [1.29, 1.82) is 0 Å². The molecule has 19 heavy (non-hydrogen) atoms. The maximum absolute atomic E-state index is 13.6. The minimum Gasteiger partial charge on any atom is -0.494 e. The summed E-state index contributed by atoms with van der Waals surface area (Å²) in [4.78, 5) is 12.1. The number of anilines is 1. The van der Waals surface area contributed by atoms with E-state index in [-0.39, 0.29) is 11.4 Å². The van der Waals surface area contributed by atoms with Crippen molar-refractivity contribution < 1.29 is 13.9 Å². The van der Waals surface area contributed by atoms with Gasteiger partial charge in [0.1, 0.15) is 0 Å². The second-order valence-corrected chi connectivity index (χ2v) is 3.86. The predicted molar refractivity (Wildman–Crippen MR) is 70.4 cm³/mol. The summed E-state index contributed by atoms with van der Waals surface area (Å²) in [6, 6.07) is 12.6. The van der Waals surface area contributed by atoms with Gasteiger partial charge in [-0.05, 0) is 24.3 Å². The molecule has 2 aromatic rings. The third kappa shape index (κ3) is 2.71. The van der Waals surface area contributed by atoms with Crippen LogP contribution in [0.25, 0.3) is 0 Å². The van der Waals surface area contributed by atoms with Gasteiger partial charge in [-0.15, -0.1) is 0 Å². The Morgan fingerprint density at radius 2 is 1.89 bits per heavy atom. The fraction of sp³-hybridized carbons (Fsp3) is 0.0714. The van der Waals surface area contributed by atoms with E-state index in [9.17, 15) is 9.18 Å². The number of hydrazine groups is 1. The summed E-state index contributed by atoms with van der Waals surface area (Å²) >= 11 is 0. The smallest absolute Gasteiger partial charge is 0.272 e. The molecule has 0 aliphatic rings. The van der Waals surface area contributed by atoms with E-state index in [2.05, 4.69) is 0 Å². The molecule has 2 aromatic carbocycles. The van der Waals surface area contributed by atoms with Crippen LogP contribution in [0.5, 0.6) is 5.75 Å². The molecule has 0 spiro atoms. The van der Waals surface area contributed by atoms with E-state index >= 15 is 0 Å². The lowest BCUT2D eigenvalue weighted by molar-refractivity contribution is 0.0987. The number of nitrogens with zero attached hydrogens (tertiary/aromatic N) is 1. The van der Waals surface area contributed by atoms with Crippen molar-refractivity contribution in [3.63, 3.8) is 0 Å². The van der Waals surface area contributed by atoms with Gasteiger partial charge in [-0.25, -0.2) is 15.2 Å². The number of hydrogen-bond acceptors (Lipinski definition) is 3. The molecule has 0 fully saturated rings. The molecule has 4 nitrogen and oxygen atoms in total. The van der Waals surface area contributed by atoms with Crippen LogP contribution in [-0.4, -0.2) is 13.0 Å². The molecular formula is C14H13FN2O2. The molecule has 0 bridgehead atoms. The molecule has 0 saturated heterocycles. The fourth-order valence-corrected chi connectivity index (χ4v) is 1.64. The number of amides is 1. The van der Waals surface area contributed by atoms with Crippen molar-refractivity contribution in [1.82, 2.24) is 0 Å². The van der Waals surface area contributed by atoms with Crippen LogP contribution in [0.2, 0.25) is 0 Å². The molecule has 1 amide bonds. The molecule has 0 heterocycles. The Morgan fingerprint density at radius 3 is 2.47 bits per heavy atom. The second-order valence-electron chi connectivity index (χ2n) is 3.86. The monoisotopic (exact) mass is 260 g/mol. The highest BCUT2D eigenvalue weighted by Crippen LogP contribution is 2.23. The predicted octanol–water partition coefficient (Wildman–Crippen LogP) is 2.35. The minimum atomic E-state index is -0.573. The Hall–Kier alpha value is -2.40. The molecule has 98 valence electrons. The second kappa shape index (κ2) is 5.49. The third-order valence-electron chi connectivity index (χ3n) is 2.65. The van der Waals surface area contributed by atoms with Gasteiger partial charge < -0.3 is 4.74 Å². The molecule has 0 radical (unpaired) electrons. The van der Waals surface area contributed by atoms with Gasteiger partial charge in [0.2, 0.25) is 0 Å². The van der Waals surface area contributed by atoms with Gasteiger partial charge >= 0.3 is 0 Å². The van der Waals surface area contributed by atoms with E-state index in [0.29, 0.717) is 5.56 Å². The minimum absolute atomic E-state index is 0.101. The highest BCUT2D eigenvalue weighted by atomic mass is 19.1. The summed E-state index contributed by atoms with van der Waals surface area (Å²) in [7, 11) is 1.37. The number of nitrogens with two attached hydrogens (primary N) is 1. The lowest BCUT2D eigenvalue weighted by Gasteiger charge is -2.17. The molecule has 0 unspecified atom stereocenters. The van der Waals surface area contributed by atoms with Crippen molar-refractivity contribution in [3.05, 3.63) is 59.9 Å². The normalized spacial score (nSPS) is 10.1. The van der Waals surface area contributed by atoms with Crippen LogP contribution >= 0.6 is 0 Å². The molecular weight excluding hydrogens is 247 g/mol. The average Bonchev–Trinajstić information content (AvgIpc) is 2.46. The Labute approximate surface area is 110 Å². The first-order chi connectivity index (χ1) is 9.13. The van der Waals surface area contributed by atoms with E-state index in [1.807, 2.05) is 0 Å². The number of ether oxygens (including phenoxy) is 1. The maximum Gasteiger partial charge on any atom is 0.272 e. The number of methoxy groups -OCH3 is 1. The first-order valence-corrected chi connectivity index (χ1v) is 5.61. The number of carbonyl (C=O) groups excluding carboxylic acids is 1. The van der Waals surface area contributed by atoms with E-state index in [1.165, 1.54) is 19.2 Å². The van der Waals surface area contributed by atoms with Crippen LogP contribution < -0.4 is 15.6 Å². The number of hydrogen-bond donors (Lipinski definition) is 1. The zero-order valence-electron chi connectivity index (χ0n) is 10.3. The van der Waals surface area contributed by atoms with E-state index in [0.717, 1.165) is 11.1 Å². The standard InChI is InChI=1S/C14H13FN2O2/c1-19-13-8-7-11(9-12(13)15)17(16)14(18)10-5-3-2-4-6-10/h2-9H,16H2,1H3. The van der Waals surface area contributed by atoms with Gasteiger partial charge in [0.05, 0.1) is 12.8 Å². The highest BCUT2D eigenvalue weighted by molar-refractivity contribution is 6.05. The summed E-state index contributed by atoms with van der Waals surface area (Å²) in [6.07, 6.45) is 0. The molecule has 0 aromatic heterocycles. The van der Waals surface area contributed by atoms with Gasteiger partial charge in [0, 0.05) is 11.6 Å². The van der Waals surface area contributed by atoms with Crippen molar-refractivity contribution in [2.75, 3.05) is 12.1 Å². The summed E-state index contributed by atoms with van der Waals surface area (Å²) in [5.41, 5.74) is 0.688. The Kier molecular flexibility index (Phi) is 3.77. The molecule has 2 N–H and O–H groups in total. The summed E-state index contributed by atoms with van der Waals surface area (Å²) in [5.74, 6) is 4.82. The molecule has 0 aliphatic carbocycles. The maximum atomic E-state index is 13.6. The van der Waals surface area contributed by atoms with Crippen LogP contribution in [-0.2, 0) is 0 Å². The van der Waals surface area contributed by atoms with Gasteiger partial charge in [0.25, 0.3) is 5.91 Å². The first kappa shape index (κ1) is 13.0. The Bertz CT molecular complexity index is 587. The number of rotatable bonds is 3. The average molecular weight is 260 g/mol. The van der Waals surface area contributed by atoms with Crippen LogP contribution in [0, 0.1) is 5.82 Å². The fourth-order valence-electron chi connectivity index (χ4n) is 1.64. The van der Waals surface area contributed by atoms with Crippen LogP contribution in [0.3, 0.4) is 0 Å². The van der Waals surface area contributed by atoms with Gasteiger partial charge in [-0.1, -0.05) is 18.2 Å². The SMILES string of the molecule is COc1ccc(N(N)C(=O)c2ccccc2)cc1F. The van der Waals surface area contributed by atoms with Gasteiger partial charge in [-0.2, -0.15) is 0 Å². The van der Waals surface area contributed by atoms with E-state index < -0.39 is 11.7 Å². The Balaban J connectivity index is 2.27. The Morgan fingerprint density at radius 1 is 1.21 bits per heavy atom. The van der Waals surface area contributed by atoms with E-state index in [1.54, 1.807) is 30.3 Å². The molecule has 0 atom stereocenters. The van der Waals surface area contributed by atoms with E-state index in [4.69, 9.17) is 10.6 Å². The van der Waals surface area contributed by atoms with Crippen LogP contribution in [0.15, 0.2) is 48.5 Å². The van der Waals surface area contributed by atoms with Crippen molar-refractivity contribution >= 4 is 11.6 Å². The van der Waals surface area contributed by atoms with Crippen molar-refractivity contribution in [2.24, 2.45) is 5.84 Å². The summed E-state index contributed by atoms with van der Waals surface area (Å²) in [5, 5.41) is 0.901. The third-order valence-corrected chi connectivity index (χ3v) is 2.65.